The SMILES string of the molecule is O=C(NC(c1ccccc1)c1ccccc1)c1n[nH]c2c1COCC2. The van der Waals surface area contributed by atoms with E-state index in [0.717, 1.165) is 28.8 Å². The highest BCUT2D eigenvalue weighted by molar-refractivity contribution is 5.94. The van der Waals surface area contributed by atoms with Crippen LogP contribution in [0.2, 0.25) is 0 Å². The largest absolute Gasteiger partial charge is 0.376 e. The van der Waals surface area contributed by atoms with Gasteiger partial charge in [-0.2, -0.15) is 5.10 Å². The molecule has 2 heterocycles. The van der Waals surface area contributed by atoms with E-state index in [1.54, 1.807) is 0 Å². The minimum Gasteiger partial charge on any atom is -0.376 e. The van der Waals surface area contributed by atoms with Crippen LogP contribution in [0.3, 0.4) is 0 Å². The van der Waals surface area contributed by atoms with Crippen molar-refractivity contribution in [1.29, 1.82) is 0 Å². The average Bonchev–Trinajstić information content (AvgIpc) is 3.11. The standard InChI is InChI=1S/C20H19N3O2/c24-20(19-16-13-25-12-11-17(16)22-23-19)21-18(14-7-3-1-4-8-14)15-9-5-2-6-10-15/h1-10,18H,11-13H2,(H,21,24)(H,22,23). The summed E-state index contributed by atoms with van der Waals surface area (Å²) in [4.78, 5) is 12.9. The van der Waals surface area contributed by atoms with E-state index < -0.39 is 0 Å². The molecule has 0 atom stereocenters. The quantitative estimate of drug-likeness (QED) is 0.771. The van der Waals surface area contributed by atoms with Crippen molar-refractivity contribution in [1.82, 2.24) is 15.5 Å². The van der Waals surface area contributed by atoms with Crippen molar-refractivity contribution in [2.75, 3.05) is 6.61 Å². The number of nitrogens with zero attached hydrogens (tertiary/aromatic N) is 1. The Morgan fingerprint density at radius 2 is 1.68 bits per heavy atom. The Labute approximate surface area is 146 Å². The number of hydrogen-bond donors (Lipinski definition) is 2. The van der Waals surface area contributed by atoms with Gasteiger partial charge < -0.3 is 10.1 Å². The maximum Gasteiger partial charge on any atom is 0.272 e. The first-order valence-electron chi connectivity index (χ1n) is 8.37. The van der Waals surface area contributed by atoms with E-state index in [2.05, 4.69) is 15.5 Å². The first-order chi connectivity index (χ1) is 12.3. The summed E-state index contributed by atoms with van der Waals surface area (Å²) in [6, 6.07) is 19.7. The van der Waals surface area contributed by atoms with Crippen LogP contribution in [0.15, 0.2) is 60.7 Å². The zero-order valence-electron chi connectivity index (χ0n) is 13.7. The van der Waals surface area contributed by atoms with E-state index in [4.69, 9.17) is 4.74 Å². The molecule has 0 aliphatic carbocycles. The maximum absolute atomic E-state index is 12.9. The molecule has 1 amide bonds. The Balaban J connectivity index is 1.65. The Kier molecular flexibility index (Phi) is 4.31. The molecular formula is C20H19N3O2. The number of aromatic nitrogens is 2. The third-order valence-electron chi connectivity index (χ3n) is 4.45. The van der Waals surface area contributed by atoms with Crippen molar-refractivity contribution >= 4 is 5.91 Å². The fraction of sp³-hybridized carbons (Fsp3) is 0.200. The molecule has 4 rings (SSSR count). The maximum atomic E-state index is 12.9. The summed E-state index contributed by atoms with van der Waals surface area (Å²) in [6.45, 7) is 1.09. The molecule has 2 N–H and O–H groups in total. The van der Waals surface area contributed by atoms with Gasteiger partial charge in [0.2, 0.25) is 0 Å². The van der Waals surface area contributed by atoms with Crippen LogP contribution in [0.5, 0.6) is 0 Å². The zero-order chi connectivity index (χ0) is 17.1. The van der Waals surface area contributed by atoms with E-state index in [1.807, 2.05) is 60.7 Å². The van der Waals surface area contributed by atoms with E-state index in [0.29, 0.717) is 18.9 Å². The monoisotopic (exact) mass is 333 g/mol. The van der Waals surface area contributed by atoms with Gasteiger partial charge in [0.25, 0.3) is 5.91 Å². The molecule has 0 spiro atoms. The molecule has 0 fully saturated rings. The van der Waals surface area contributed by atoms with E-state index >= 15 is 0 Å². The molecule has 0 unspecified atom stereocenters. The Morgan fingerprint density at radius 1 is 1.04 bits per heavy atom. The van der Waals surface area contributed by atoms with E-state index in [-0.39, 0.29) is 11.9 Å². The van der Waals surface area contributed by atoms with Crippen LogP contribution in [0.25, 0.3) is 0 Å². The smallest absolute Gasteiger partial charge is 0.272 e. The van der Waals surface area contributed by atoms with Crippen LogP contribution in [0.1, 0.15) is 38.9 Å². The van der Waals surface area contributed by atoms with E-state index in [9.17, 15) is 4.79 Å². The number of carbonyl (C=O) groups excluding carboxylic acids is 1. The second-order valence-electron chi connectivity index (χ2n) is 6.06. The molecule has 2 aromatic carbocycles. The lowest BCUT2D eigenvalue weighted by Gasteiger charge is -2.20. The number of hydrogen-bond acceptors (Lipinski definition) is 3. The number of amides is 1. The Hall–Kier alpha value is -2.92. The number of benzene rings is 2. The summed E-state index contributed by atoms with van der Waals surface area (Å²) in [5.41, 5.74) is 4.34. The highest BCUT2D eigenvalue weighted by atomic mass is 16.5. The predicted molar refractivity (Wildman–Crippen MR) is 94.1 cm³/mol. The van der Waals surface area contributed by atoms with E-state index in [1.165, 1.54) is 0 Å². The molecule has 126 valence electrons. The van der Waals surface area contributed by atoms with Gasteiger partial charge in [0.15, 0.2) is 5.69 Å². The summed E-state index contributed by atoms with van der Waals surface area (Å²) in [6.07, 6.45) is 0.760. The molecule has 1 aliphatic rings. The van der Waals surface area contributed by atoms with Gasteiger partial charge in [0, 0.05) is 17.7 Å². The number of fused-ring (bicyclic) bond motifs is 1. The molecule has 5 heteroatoms. The van der Waals surface area contributed by atoms with Crippen LogP contribution in [0.4, 0.5) is 0 Å². The third kappa shape index (κ3) is 3.19. The first kappa shape index (κ1) is 15.6. The normalized spacial score (nSPS) is 13.5. The fourth-order valence-corrected chi connectivity index (χ4v) is 3.15. The molecular weight excluding hydrogens is 314 g/mol. The number of ether oxygens (including phenoxy) is 1. The van der Waals surface area contributed by atoms with Crippen molar-refractivity contribution in [2.24, 2.45) is 0 Å². The second kappa shape index (κ2) is 6.91. The predicted octanol–water partition coefficient (Wildman–Crippen LogP) is 3.00. The highest BCUT2D eigenvalue weighted by Crippen LogP contribution is 2.24. The summed E-state index contributed by atoms with van der Waals surface area (Å²) in [5.74, 6) is -0.194. The summed E-state index contributed by atoms with van der Waals surface area (Å²) in [5, 5.41) is 10.3. The van der Waals surface area contributed by atoms with Gasteiger partial charge in [0.05, 0.1) is 19.3 Å². The minimum atomic E-state index is -0.230. The zero-order valence-corrected chi connectivity index (χ0v) is 13.7. The third-order valence-corrected chi connectivity index (χ3v) is 4.45. The number of carbonyl (C=O) groups is 1. The van der Waals surface area contributed by atoms with Gasteiger partial charge in [-0.1, -0.05) is 60.7 Å². The van der Waals surface area contributed by atoms with Crippen LogP contribution in [0, 0.1) is 0 Å². The number of aromatic amines is 1. The topological polar surface area (TPSA) is 67.0 Å². The number of H-pyrrole nitrogens is 1. The van der Waals surface area contributed by atoms with Crippen molar-refractivity contribution in [3.63, 3.8) is 0 Å². The van der Waals surface area contributed by atoms with Crippen molar-refractivity contribution in [3.05, 3.63) is 88.7 Å². The lowest BCUT2D eigenvalue weighted by molar-refractivity contribution is 0.0915. The van der Waals surface area contributed by atoms with Gasteiger partial charge in [-0.3, -0.25) is 9.89 Å². The number of rotatable bonds is 4. The highest BCUT2D eigenvalue weighted by Gasteiger charge is 2.25. The number of nitrogens with one attached hydrogen (secondary N) is 2. The molecule has 1 aromatic heterocycles. The molecule has 0 saturated carbocycles. The van der Waals surface area contributed by atoms with Crippen molar-refractivity contribution < 1.29 is 9.53 Å². The lowest BCUT2D eigenvalue weighted by atomic mass is 9.98. The van der Waals surface area contributed by atoms with Crippen LogP contribution >= 0.6 is 0 Å². The molecule has 5 nitrogen and oxygen atoms in total. The fourth-order valence-electron chi connectivity index (χ4n) is 3.15. The molecule has 25 heavy (non-hydrogen) atoms. The lowest BCUT2D eigenvalue weighted by Crippen LogP contribution is -2.30. The molecule has 3 aromatic rings. The van der Waals surface area contributed by atoms with Crippen molar-refractivity contribution in [2.45, 2.75) is 19.1 Å². The minimum absolute atomic E-state index is 0.194. The molecule has 1 aliphatic heterocycles. The summed E-state index contributed by atoms with van der Waals surface area (Å²) in [7, 11) is 0. The average molecular weight is 333 g/mol. The van der Waals surface area contributed by atoms with Gasteiger partial charge in [0.1, 0.15) is 0 Å². The Morgan fingerprint density at radius 3 is 2.32 bits per heavy atom. The second-order valence-corrected chi connectivity index (χ2v) is 6.06. The van der Waals surface area contributed by atoms with Crippen LogP contribution < -0.4 is 5.32 Å². The summed E-state index contributed by atoms with van der Waals surface area (Å²) < 4.78 is 5.48. The van der Waals surface area contributed by atoms with Crippen LogP contribution in [-0.4, -0.2) is 22.7 Å². The molecule has 0 bridgehead atoms. The first-order valence-corrected chi connectivity index (χ1v) is 8.37. The van der Waals surface area contributed by atoms with Gasteiger partial charge >= 0.3 is 0 Å². The molecule has 0 radical (unpaired) electrons. The van der Waals surface area contributed by atoms with Crippen LogP contribution in [-0.2, 0) is 17.8 Å². The van der Waals surface area contributed by atoms with Gasteiger partial charge in [-0.05, 0) is 11.1 Å². The van der Waals surface area contributed by atoms with Gasteiger partial charge in [-0.15, -0.1) is 0 Å². The summed E-state index contributed by atoms with van der Waals surface area (Å²) >= 11 is 0. The molecule has 0 saturated heterocycles. The van der Waals surface area contributed by atoms with Gasteiger partial charge in [-0.25, -0.2) is 0 Å². The Bertz CT molecular complexity index is 820. The van der Waals surface area contributed by atoms with Crippen molar-refractivity contribution in [3.8, 4) is 0 Å².